The summed E-state index contributed by atoms with van der Waals surface area (Å²) in [6.45, 7) is 1.84. The number of rotatable bonds is 5. The Labute approximate surface area is 150 Å². The molecule has 1 aromatic heterocycles. The van der Waals surface area contributed by atoms with Crippen LogP contribution in [0, 0.1) is 12.7 Å². The van der Waals surface area contributed by atoms with Crippen LogP contribution in [-0.4, -0.2) is 32.2 Å². The number of hydrogen-bond donors (Lipinski definition) is 1. The number of aryl methyl sites for hydroxylation is 2. The van der Waals surface area contributed by atoms with Gasteiger partial charge in [-0.15, -0.1) is 0 Å². The fourth-order valence-corrected chi connectivity index (χ4v) is 4.21. The van der Waals surface area contributed by atoms with Crippen molar-refractivity contribution in [1.82, 2.24) is 4.98 Å². The van der Waals surface area contributed by atoms with E-state index in [9.17, 15) is 17.6 Å². The monoisotopic (exact) mass is 375 g/mol. The van der Waals surface area contributed by atoms with Gasteiger partial charge in [-0.1, -0.05) is 0 Å². The lowest BCUT2D eigenvalue weighted by atomic mass is 10.1. The fourth-order valence-electron chi connectivity index (χ4n) is 2.95. The standard InChI is InChI=1S/C19H18FNO4S/c1-12-16(17-11-14(20)5-8-18(17)21-12)9-10-26(23,24)15-6-3-13(4-7-15)19(22)25-2/h3-8,11,21H,9-10H2,1-2H3. The van der Waals surface area contributed by atoms with E-state index in [-0.39, 0.29) is 28.4 Å². The molecule has 1 N–H and O–H groups in total. The molecule has 7 heteroatoms. The molecule has 5 nitrogen and oxygen atoms in total. The van der Waals surface area contributed by atoms with Crippen LogP contribution in [0.4, 0.5) is 4.39 Å². The SMILES string of the molecule is COC(=O)c1ccc(S(=O)(=O)CCc2c(C)[nH]c3ccc(F)cc23)cc1. The molecule has 0 aliphatic carbocycles. The number of nitrogens with one attached hydrogen (secondary N) is 1. The number of carbonyl (C=O) groups is 1. The molecule has 0 aliphatic rings. The van der Waals surface area contributed by atoms with Gasteiger partial charge in [0.2, 0.25) is 0 Å². The average Bonchev–Trinajstić information content (AvgIpc) is 2.94. The molecule has 0 atom stereocenters. The highest BCUT2D eigenvalue weighted by atomic mass is 32.2. The predicted molar refractivity (Wildman–Crippen MR) is 96.5 cm³/mol. The van der Waals surface area contributed by atoms with E-state index in [4.69, 9.17) is 0 Å². The lowest BCUT2D eigenvalue weighted by molar-refractivity contribution is 0.0600. The molecule has 3 rings (SSSR count). The first-order chi connectivity index (χ1) is 12.3. The van der Waals surface area contributed by atoms with Gasteiger partial charge in [0.1, 0.15) is 5.82 Å². The molecule has 0 spiro atoms. The predicted octanol–water partition coefficient (Wildman–Crippen LogP) is 3.42. The number of sulfone groups is 1. The van der Waals surface area contributed by atoms with Crippen molar-refractivity contribution in [1.29, 1.82) is 0 Å². The number of benzene rings is 2. The molecule has 1 heterocycles. The number of halogens is 1. The minimum Gasteiger partial charge on any atom is -0.465 e. The number of fused-ring (bicyclic) bond motifs is 1. The molecule has 0 saturated carbocycles. The second-order valence-corrected chi connectivity index (χ2v) is 8.11. The van der Waals surface area contributed by atoms with E-state index in [1.54, 1.807) is 6.07 Å². The Bertz CT molecular complexity index is 1070. The van der Waals surface area contributed by atoms with E-state index in [0.29, 0.717) is 5.39 Å². The highest BCUT2D eigenvalue weighted by molar-refractivity contribution is 7.91. The lowest BCUT2D eigenvalue weighted by Crippen LogP contribution is -2.10. The van der Waals surface area contributed by atoms with E-state index in [0.717, 1.165) is 16.8 Å². The Kier molecular flexibility index (Phi) is 4.82. The number of ether oxygens (including phenoxy) is 1. The average molecular weight is 375 g/mol. The highest BCUT2D eigenvalue weighted by Gasteiger charge is 2.18. The summed E-state index contributed by atoms with van der Waals surface area (Å²) in [5.41, 5.74) is 2.67. The van der Waals surface area contributed by atoms with E-state index in [1.807, 2.05) is 6.92 Å². The first-order valence-corrected chi connectivity index (χ1v) is 9.65. The van der Waals surface area contributed by atoms with E-state index < -0.39 is 15.8 Å². The Morgan fingerprint density at radius 2 is 1.85 bits per heavy atom. The van der Waals surface area contributed by atoms with Gasteiger partial charge in [0.25, 0.3) is 0 Å². The third-order valence-electron chi connectivity index (χ3n) is 4.34. The summed E-state index contributed by atoms with van der Waals surface area (Å²) in [6, 6.07) is 10.0. The second-order valence-electron chi connectivity index (χ2n) is 6.00. The normalized spacial score (nSPS) is 11.7. The van der Waals surface area contributed by atoms with Crippen molar-refractivity contribution >= 4 is 26.7 Å². The Morgan fingerprint density at radius 1 is 1.15 bits per heavy atom. The molecule has 3 aromatic rings. The quantitative estimate of drug-likeness (QED) is 0.694. The first kappa shape index (κ1) is 18.1. The minimum atomic E-state index is -3.54. The van der Waals surface area contributed by atoms with Crippen molar-refractivity contribution in [2.75, 3.05) is 12.9 Å². The van der Waals surface area contributed by atoms with Gasteiger partial charge in [-0.2, -0.15) is 0 Å². The smallest absolute Gasteiger partial charge is 0.337 e. The molecular formula is C19H18FNO4S. The Balaban J connectivity index is 1.84. The van der Waals surface area contributed by atoms with Crippen molar-refractivity contribution in [2.45, 2.75) is 18.2 Å². The van der Waals surface area contributed by atoms with Crippen molar-refractivity contribution in [2.24, 2.45) is 0 Å². The molecule has 0 aliphatic heterocycles. The van der Waals surface area contributed by atoms with Crippen molar-refractivity contribution < 1.29 is 22.3 Å². The van der Waals surface area contributed by atoms with Crippen LogP contribution in [0.2, 0.25) is 0 Å². The van der Waals surface area contributed by atoms with Crippen LogP contribution in [0.1, 0.15) is 21.6 Å². The van der Waals surface area contributed by atoms with Gasteiger partial charge >= 0.3 is 5.97 Å². The Hall–Kier alpha value is -2.67. The van der Waals surface area contributed by atoms with E-state index in [2.05, 4.69) is 9.72 Å². The van der Waals surface area contributed by atoms with Crippen LogP contribution in [0.25, 0.3) is 10.9 Å². The molecule has 26 heavy (non-hydrogen) atoms. The maximum absolute atomic E-state index is 13.5. The molecule has 0 bridgehead atoms. The summed E-state index contributed by atoms with van der Waals surface area (Å²) in [4.78, 5) is 14.7. The number of methoxy groups -OCH3 is 1. The van der Waals surface area contributed by atoms with Crippen LogP contribution in [0.3, 0.4) is 0 Å². The highest BCUT2D eigenvalue weighted by Crippen LogP contribution is 2.25. The Morgan fingerprint density at radius 3 is 2.50 bits per heavy atom. The molecule has 0 saturated heterocycles. The van der Waals surface area contributed by atoms with Gasteiger partial charge in [-0.3, -0.25) is 0 Å². The van der Waals surface area contributed by atoms with E-state index in [1.165, 1.54) is 43.5 Å². The van der Waals surface area contributed by atoms with Crippen molar-refractivity contribution in [3.8, 4) is 0 Å². The summed E-state index contributed by atoms with van der Waals surface area (Å²) in [7, 11) is -2.28. The zero-order valence-corrected chi connectivity index (χ0v) is 15.2. The molecule has 0 unspecified atom stereocenters. The fraction of sp³-hybridized carbons (Fsp3) is 0.211. The van der Waals surface area contributed by atoms with Gasteiger partial charge in [0, 0.05) is 16.6 Å². The van der Waals surface area contributed by atoms with Crippen LogP contribution in [0.5, 0.6) is 0 Å². The van der Waals surface area contributed by atoms with Crippen LogP contribution in [-0.2, 0) is 21.0 Å². The van der Waals surface area contributed by atoms with Crippen molar-refractivity contribution in [3.63, 3.8) is 0 Å². The summed E-state index contributed by atoms with van der Waals surface area (Å²) in [6.07, 6.45) is 0.260. The molecule has 0 fully saturated rings. The van der Waals surface area contributed by atoms with Gasteiger partial charge < -0.3 is 9.72 Å². The van der Waals surface area contributed by atoms with Crippen LogP contribution >= 0.6 is 0 Å². The summed E-state index contributed by atoms with van der Waals surface area (Å²) in [5.74, 6) is -1.00. The maximum atomic E-state index is 13.5. The summed E-state index contributed by atoms with van der Waals surface area (Å²) < 4.78 is 43.3. The van der Waals surface area contributed by atoms with Gasteiger partial charge in [-0.05, 0) is 61.4 Å². The van der Waals surface area contributed by atoms with Crippen LogP contribution < -0.4 is 0 Å². The number of H-pyrrole nitrogens is 1. The number of carbonyl (C=O) groups excluding carboxylic acids is 1. The van der Waals surface area contributed by atoms with Gasteiger partial charge in [0.15, 0.2) is 9.84 Å². The van der Waals surface area contributed by atoms with Gasteiger partial charge in [0.05, 0.1) is 23.3 Å². The van der Waals surface area contributed by atoms with Crippen LogP contribution in [0.15, 0.2) is 47.4 Å². The number of esters is 1. The third-order valence-corrected chi connectivity index (χ3v) is 6.07. The number of aromatic amines is 1. The van der Waals surface area contributed by atoms with Gasteiger partial charge in [-0.25, -0.2) is 17.6 Å². The van der Waals surface area contributed by atoms with E-state index >= 15 is 0 Å². The zero-order valence-electron chi connectivity index (χ0n) is 14.4. The number of aromatic nitrogens is 1. The molecule has 136 valence electrons. The molecule has 0 radical (unpaired) electrons. The lowest BCUT2D eigenvalue weighted by Gasteiger charge is -2.06. The number of hydrogen-bond acceptors (Lipinski definition) is 4. The largest absolute Gasteiger partial charge is 0.465 e. The molecule has 0 amide bonds. The first-order valence-electron chi connectivity index (χ1n) is 7.99. The summed E-state index contributed by atoms with van der Waals surface area (Å²) >= 11 is 0. The minimum absolute atomic E-state index is 0.116. The molecule has 2 aromatic carbocycles. The van der Waals surface area contributed by atoms with Crippen molar-refractivity contribution in [3.05, 3.63) is 65.1 Å². The zero-order chi connectivity index (χ0) is 18.9. The topological polar surface area (TPSA) is 76.2 Å². The third kappa shape index (κ3) is 3.48. The maximum Gasteiger partial charge on any atom is 0.337 e. The molecular weight excluding hydrogens is 357 g/mol. The second kappa shape index (κ2) is 6.92. The summed E-state index contributed by atoms with van der Waals surface area (Å²) in [5, 5.41) is 0.693.